The van der Waals surface area contributed by atoms with Gasteiger partial charge < -0.3 is 14.6 Å². The van der Waals surface area contributed by atoms with Gasteiger partial charge in [-0.05, 0) is 31.0 Å². The molecule has 0 saturated carbocycles. The molecule has 0 aromatic heterocycles. The van der Waals surface area contributed by atoms with Crippen molar-refractivity contribution in [2.24, 2.45) is 0 Å². The van der Waals surface area contributed by atoms with E-state index in [0.29, 0.717) is 19.6 Å². The quantitative estimate of drug-likeness (QED) is 0.881. The second-order valence-electron chi connectivity index (χ2n) is 4.96. The first-order valence-electron chi connectivity index (χ1n) is 6.27. The minimum atomic E-state index is -0.449. The first-order valence-corrected chi connectivity index (χ1v) is 6.27. The maximum absolute atomic E-state index is 11.8. The molecule has 1 aliphatic heterocycles. The van der Waals surface area contributed by atoms with E-state index in [1.807, 2.05) is 31.2 Å². The summed E-state index contributed by atoms with van der Waals surface area (Å²) < 4.78 is 10.3. The number of nitrogens with zero attached hydrogens (tertiary/aromatic N) is 1. The molecule has 2 rings (SSSR count). The molecule has 5 heteroatoms. The Balaban J connectivity index is 2.17. The van der Waals surface area contributed by atoms with Gasteiger partial charge in [-0.1, -0.05) is 12.1 Å². The van der Waals surface area contributed by atoms with E-state index < -0.39 is 5.54 Å². The monoisotopic (exact) mass is 265 g/mol. The van der Waals surface area contributed by atoms with Crippen molar-refractivity contribution < 1.29 is 19.4 Å². The van der Waals surface area contributed by atoms with Gasteiger partial charge in [-0.3, -0.25) is 4.90 Å². The van der Waals surface area contributed by atoms with Crippen LogP contribution in [0.5, 0.6) is 5.75 Å². The molecule has 19 heavy (non-hydrogen) atoms. The number of aliphatic hydroxyl groups is 1. The third-order valence-corrected chi connectivity index (χ3v) is 3.50. The molecule has 104 valence electrons. The zero-order valence-corrected chi connectivity index (χ0v) is 11.3. The molecule has 0 spiro atoms. The van der Waals surface area contributed by atoms with Crippen LogP contribution in [0.1, 0.15) is 18.9 Å². The van der Waals surface area contributed by atoms with Crippen molar-refractivity contribution >= 4 is 6.09 Å². The number of ether oxygens (including phenoxy) is 2. The van der Waals surface area contributed by atoms with E-state index in [4.69, 9.17) is 14.6 Å². The van der Waals surface area contributed by atoms with Crippen molar-refractivity contribution in [3.8, 4) is 5.75 Å². The topological polar surface area (TPSA) is 59.0 Å². The summed E-state index contributed by atoms with van der Waals surface area (Å²) in [6.07, 6.45) is 0.168. The highest BCUT2D eigenvalue weighted by Gasteiger charge is 2.43. The van der Waals surface area contributed by atoms with Gasteiger partial charge in [0.1, 0.15) is 12.4 Å². The molecule has 1 heterocycles. The molecular formula is C14H19NO4. The van der Waals surface area contributed by atoms with E-state index in [0.717, 1.165) is 11.3 Å². The van der Waals surface area contributed by atoms with Gasteiger partial charge in [0, 0.05) is 13.2 Å². The Morgan fingerprint density at radius 2 is 2.32 bits per heavy atom. The van der Waals surface area contributed by atoms with E-state index in [9.17, 15) is 4.79 Å². The summed E-state index contributed by atoms with van der Waals surface area (Å²) in [6, 6.07) is 7.58. The van der Waals surface area contributed by atoms with Crippen LogP contribution in [0.3, 0.4) is 0 Å². The Bertz CT molecular complexity index is 463. The number of rotatable bonds is 5. The van der Waals surface area contributed by atoms with Crippen molar-refractivity contribution in [3.63, 3.8) is 0 Å². The van der Waals surface area contributed by atoms with Gasteiger partial charge in [0.2, 0.25) is 0 Å². The van der Waals surface area contributed by atoms with E-state index in [2.05, 4.69) is 0 Å². The summed E-state index contributed by atoms with van der Waals surface area (Å²) in [4.78, 5) is 13.5. The zero-order valence-electron chi connectivity index (χ0n) is 11.3. The number of carbonyl (C=O) groups excluding carboxylic acids is 1. The lowest BCUT2D eigenvalue weighted by atomic mass is 9.97. The molecule has 1 unspecified atom stereocenters. The van der Waals surface area contributed by atoms with Gasteiger partial charge in [0.15, 0.2) is 0 Å². The predicted molar refractivity (Wildman–Crippen MR) is 70.0 cm³/mol. The van der Waals surface area contributed by atoms with Crippen molar-refractivity contribution in [3.05, 3.63) is 29.8 Å². The molecule has 1 atom stereocenters. The van der Waals surface area contributed by atoms with Crippen LogP contribution in [0.25, 0.3) is 0 Å². The van der Waals surface area contributed by atoms with E-state index in [-0.39, 0.29) is 12.7 Å². The minimum absolute atomic E-state index is 0.0295. The van der Waals surface area contributed by atoms with E-state index in [1.165, 1.54) is 0 Å². The Morgan fingerprint density at radius 3 is 3.00 bits per heavy atom. The summed E-state index contributed by atoms with van der Waals surface area (Å²) in [6.45, 7) is 2.72. The number of carbonyl (C=O) groups is 1. The number of amides is 1. The number of methoxy groups -OCH3 is 1. The lowest BCUT2D eigenvalue weighted by molar-refractivity contribution is 0.131. The molecule has 1 N–H and O–H groups in total. The molecule has 0 bridgehead atoms. The third kappa shape index (κ3) is 2.81. The molecule has 1 aromatic carbocycles. The van der Waals surface area contributed by atoms with Gasteiger partial charge in [-0.15, -0.1) is 0 Å². The normalized spacial score (nSPS) is 22.5. The Labute approximate surface area is 112 Å². The summed E-state index contributed by atoms with van der Waals surface area (Å²) in [5.41, 5.74) is 0.525. The van der Waals surface area contributed by atoms with Crippen LogP contribution in [0.2, 0.25) is 0 Å². The molecule has 0 radical (unpaired) electrons. The van der Waals surface area contributed by atoms with Crippen LogP contribution in [0, 0.1) is 0 Å². The molecule has 1 saturated heterocycles. The van der Waals surface area contributed by atoms with E-state index >= 15 is 0 Å². The number of cyclic esters (lactones) is 1. The largest absolute Gasteiger partial charge is 0.497 e. The fraction of sp³-hybridized carbons (Fsp3) is 0.500. The standard InChI is InChI=1S/C14H19NO4/c1-14(6-7-16)10-19-13(17)15(14)9-11-4-3-5-12(8-11)18-2/h3-5,8,16H,6-7,9-10H2,1-2H3. The molecule has 1 fully saturated rings. The van der Waals surface area contributed by atoms with Crippen LogP contribution in [0.4, 0.5) is 4.79 Å². The molecule has 1 aromatic rings. The number of benzene rings is 1. The van der Waals surface area contributed by atoms with Gasteiger partial charge in [0.25, 0.3) is 0 Å². The number of hydrogen-bond donors (Lipinski definition) is 1. The Hall–Kier alpha value is -1.75. The second-order valence-corrected chi connectivity index (χ2v) is 4.96. The van der Waals surface area contributed by atoms with Crippen LogP contribution in [0.15, 0.2) is 24.3 Å². The second kappa shape index (κ2) is 5.48. The Morgan fingerprint density at radius 1 is 1.53 bits per heavy atom. The van der Waals surface area contributed by atoms with Gasteiger partial charge in [-0.25, -0.2) is 4.79 Å². The first kappa shape index (κ1) is 13.7. The van der Waals surface area contributed by atoms with Crippen molar-refractivity contribution in [2.75, 3.05) is 20.3 Å². The Kier molecular flexibility index (Phi) is 3.95. The van der Waals surface area contributed by atoms with Gasteiger partial charge in [0.05, 0.1) is 12.6 Å². The van der Waals surface area contributed by atoms with Gasteiger partial charge in [-0.2, -0.15) is 0 Å². The molecular weight excluding hydrogens is 246 g/mol. The molecule has 1 amide bonds. The summed E-state index contributed by atoms with van der Waals surface area (Å²) in [5, 5.41) is 9.13. The highest BCUT2D eigenvalue weighted by Crippen LogP contribution is 2.29. The minimum Gasteiger partial charge on any atom is -0.497 e. The highest BCUT2D eigenvalue weighted by atomic mass is 16.6. The van der Waals surface area contributed by atoms with Gasteiger partial charge >= 0.3 is 6.09 Å². The number of aliphatic hydroxyl groups excluding tert-OH is 1. The number of hydrogen-bond acceptors (Lipinski definition) is 4. The molecule has 1 aliphatic rings. The molecule has 5 nitrogen and oxygen atoms in total. The van der Waals surface area contributed by atoms with Crippen molar-refractivity contribution in [1.29, 1.82) is 0 Å². The maximum Gasteiger partial charge on any atom is 0.410 e. The average Bonchev–Trinajstić information content (AvgIpc) is 2.68. The van der Waals surface area contributed by atoms with Crippen molar-refractivity contribution in [1.82, 2.24) is 4.90 Å². The molecule has 0 aliphatic carbocycles. The smallest absolute Gasteiger partial charge is 0.410 e. The van der Waals surface area contributed by atoms with Crippen LogP contribution in [-0.2, 0) is 11.3 Å². The van der Waals surface area contributed by atoms with Crippen LogP contribution >= 0.6 is 0 Å². The third-order valence-electron chi connectivity index (χ3n) is 3.50. The fourth-order valence-corrected chi connectivity index (χ4v) is 2.25. The highest BCUT2D eigenvalue weighted by molar-refractivity contribution is 5.71. The van der Waals surface area contributed by atoms with Crippen LogP contribution < -0.4 is 4.74 Å². The lowest BCUT2D eigenvalue weighted by Crippen LogP contribution is -2.44. The summed E-state index contributed by atoms with van der Waals surface area (Å²) in [7, 11) is 1.61. The maximum atomic E-state index is 11.8. The average molecular weight is 265 g/mol. The first-order chi connectivity index (χ1) is 9.09. The zero-order chi connectivity index (χ0) is 13.9. The lowest BCUT2D eigenvalue weighted by Gasteiger charge is -2.31. The fourth-order valence-electron chi connectivity index (χ4n) is 2.25. The van der Waals surface area contributed by atoms with Crippen LogP contribution in [-0.4, -0.2) is 42.0 Å². The SMILES string of the molecule is COc1cccc(CN2C(=O)OCC2(C)CCO)c1. The summed E-state index contributed by atoms with van der Waals surface area (Å²) in [5.74, 6) is 0.758. The van der Waals surface area contributed by atoms with E-state index in [1.54, 1.807) is 12.0 Å². The van der Waals surface area contributed by atoms with Crippen molar-refractivity contribution in [2.45, 2.75) is 25.4 Å². The summed E-state index contributed by atoms with van der Waals surface area (Å²) >= 11 is 0. The predicted octanol–water partition coefficient (Wildman–Crippen LogP) is 1.79.